The summed E-state index contributed by atoms with van der Waals surface area (Å²) in [5.74, 6) is 1.53. The highest BCUT2D eigenvalue weighted by atomic mass is 32.1. The Balaban J connectivity index is 1.74. The molecule has 3 rings (SSSR count). The third kappa shape index (κ3) is 3.21. The first-order valence-corrected chi connectivity index (χ1v) is 8.72. The first-order chi connectivity index (χ1) is 11.4. The Bertz CT molecular complexity index is 738. The van der Waals surface area contributed by atoms with Crippen LogP contribution in [0.2, 0.25) is 0 Å². The number of hydrogen-bond donors (Lipinski definition) is 1. The molecule has 1 amide bonds. The molecule has 1 saturated heterocycles. The zero-order chi connectivity index (χ0) is 17.3. The molecule has 0 radical (unpaired) electrons. The zero-order valence-electron chi connectivity index (χ0n) is 14.4. The molecule has 2 aromatic rings. The van der Waals surface area contributed by atoms with Gasteiger partial charge < -0.3 is 15.0 Å². The minimum absolute atomic E-state index is 0.0343. The molecule has 1 aliphatic rings. The summed E-state index contributed by atoms with van der Waals surface area (Å²) < 4.78 is 9.75. The summed E-state index contributed by atoms with van der Waals surface area (Å²) in [7, 11) is 1.62. The van der Waals surface area contributed by atoms with Gasteiger partial charge in [0.05, 0.1) is 12.8 Å². The second kappa shape index (κ2) is 6.39. The number of para-hydroxylation sites is 2. The third-order valence-corrected chi connectivity index (χ3v) is 4.62. The van der Waals surface area contributed by atoms with Gasteiger partial charge in [-0.1, -0.05) is 32.9 Å². The molecule has 1 N–H and O–H groups in total. The van der Waals surface area contributed by atoms with E-state index in [4.69, 9.17) is 4.74 Å². The number of carbonyl (C=O) groups excluding carboxylic acids is 1. The lowest BCUT2D eigenvalue weighted by atomic mass is 9.96. The van der Waals surface area contributed by atoms with E-state index in [-0.39, 0.29) is 17.4 Å². The second-order valence-corrected chi connectivity index (χ2v) is 7.57. The lowest BCUT2D eigenvalue weighted by Gasteiger charge is -2.19. The minimum atomic E-state index is -0.282. The van der Waals surface area contributed by atoms with Crippen LogP contribution in [0.25, 0.3) is 0 Å². The molecule has 24 heavy (non-hydrogen) atoms. The highest BCUT2D eigenvalue weighted by Crippen LogP contribution is 2.32. The minimum Gasteiger partial charge on any atom is -0.495 e. The predicted molar refractivity (Wildman–Crippen MR) is 96.0 cm³/mol. The van der Waals surface area contributed by atoms with Crippen molar-refractivity contribution in [3.05, 3.63) is 30.1 Å². The van der Waals surface area contributed by atoms with Crippen molar-refractivity contribution in [2.45, 2.75) is 38.6 Å². The van der Waals surface area contributed by atoms with Crippen molar-refractivity contribution in [1.29, 1.82) is 0 Å². The fourth-order valence-electron chi connectivity index (χ4n) is 2.64. The maximum absolute atomic E-state index is 12.7. The summed E-state index contributed by atoms with van der Waals surface area (Å²) in [5.41, 5.74) is 0.710. The van der Waals surface area contributed by atoms with Gasteiger partial charge in [-0.2, -0.15) is 4.37 Å². The molecule has 1 atom stereocenters. The fraction of sp³-hybridized carbons (Fsp3) is 0.471. The van der Waals surface area contributed by atoms with Gasteiger partial charge in [0.1, 0.15) is 17.6 Å². The van der Waals surface area contributed by atoms with Crippen molar-refractivity contribution in [2.75, 3.05) is 23.9 Å². The number of aromatic nitrogens is 2. The first-order valence-electron chi connectivity index (χ1n) is 7.95. The van der Waals surface area contributed by atoms with E-state index in [2.05, 4.69) is 35.4 Å². The zero-order valence-corrected chi connectivity index (χ0v) is 15.2. The van der Waals surface area contributed by atoms with Crippen molar-refractivity contribution in [3.8, 4) is 5.75 Å². The van der Waals surface area contributed by atoms with Gasteiger partial charge >= 0.3 is 0 Å². The Morgan fingerprint density at radius 1 is 1.33 bits per heavy atom. The van der Waals surface area contributed by atoms with Gasteiger partial charge in [0.25, 0.3) is 0 Å². The number of hydrogen-bond acceptors (Lipinski definition) is 6. The number of methoxy groups -OCH3 is 1. The molecule has 0 bridgehead atoms. The maximum Gasteiger partial charge on any atom is 0.249 e. The summed E-state index contributed by atoms with van der Waals surface area (Å²) in [6, 6.07) is 7.29. The van der Waals surface area contributed by atoms with Crippen LogP contribution in [-0.4, -0.2) is 35.0 Å². The Hall–Kier alpha value is -2.15. The van der Waals surface area contributed by atoms with Crippen molar-refractivity contribution >= 4 is 28.3 Å². The molecule has 1 aromatic carbocycles. The van der Waals surface area contributed by atoms with Crippen LogP contribution in [0.15, 0.2) is 24.3 Å². The smallest absolute Gasteiger partial charge is 0.249 e. The van der Waals surface area contributed by atoms with E-state index < -0.39 is 0 Å². The Kier molecular flexibility index (Phi) is 4.45. The van der Waals surface area contributed by atoms with E-state index in [0.717, 1.165) is 17.9 Å². The molecule has 7 heteroatoms. The van der Waals surface area contributed by atoms with Crippen LogP contribution in [0.1, 0.15) is 33.0 Å². The Morgan fingerprint density at radius 3 is 2.75 bits per heavy atom. The predicted octanol–water partition coefficient (Wildman–Crippen LogP) is 3.06. The summed E-state index contributed by atoms with van der Waals surface area (Å²) in [6.07, 6.45) is 0.724. The molecule has 1 unspecified atom stereocenters. The molecule has 1 aliphatic heterocycles. The number of rotatable bonds is 4. The van der Waals surface area contributed by atoms with Crippen LogP contribution in [0, 0.1) is 0 Å². The van der Waals surface area contributed by atoms with E-state index in [1.807, 2.05) is 24.3 Å². The molecule has 0 aliphatic carbocycles. The van der Waals surface area contributed by atoms with Crippen LogP contribution in [-0.2, 0) is 10.2 Å². The average Bonchev–Trinajstić information content (AvgIpc) is 3.15. The van der Waals surface area contributed by atoms with Crippen molar-refractivity contribution in [1.82, 2.24) is 9.36 Å². The Labute approximate surface area is 146 Å². The molecule has 128 valence electrons. The molecule has 1 aromatic heterocycles. The molecule has 1 fully saturated rings. The molecule has 6 nitrogen and oxygen atoms in total. The maximum atomic E-state index is 12.7. The van der Waals surface area contributed by atoms with E-state index >= 15 is 0 Å². The summed E-state index contributed by atoms with van der Waals surface area (Å²) in [6.45, 7) is 6.87. The van der Waals surface area contributed by atoms with Crippen LogP contribution < -0.4 is 15.0 Å². The number of benzene rings is 1. The monoisotopic (exact) mass is 346 g/mol. The summed E-state index contributed by atoms with van der Waals surface area (Å²) >= 11 is 1.30. The van der Waals surface area contributed by atoms with Gasteiger partial charge in [0.15, 0.2) is 0 Å². The van der Waals surface area contributed by atoms with Crippen LogP contribution >= 0.6 is 11.5 Å². The molecular weight excluding hydrogens is 324 g/mol. The molecular formula is C17H22N4O2S. The van der Waals surface area contributed by atoms with E-state index in [9.17, 15) is 4.79 Å². The average molecular weight is 346 g/mol. The molecule has 0 saturated carbocycles. The first kappa shape index (κ1) is 16.7. The number of nitrogens with one attached hydrogen (secondary N) is 1. The highest BCUT2D eigenvalue weighted by molar-refractivity contribution is 7.09. The largest absolute Gasteiger partial charge is 0.495 e. The van der Waals surface area contributed by atoms with E-state index in [1.54, 1.807) is 12.0 Å². The lowest BCUT2D eigenvalue weighted by molar-refractivity contribution is -0.117. The van der Waals surface area contributed by atoms with E-state index in [1.165, 1.54) is 11.5 Å². The second-order valence-electron chi connectivity index (χ2n) is 6.82. The van der Waals surface area contributed by atoms with Gasteiger partial charge in [-0.3, -0.25) is 4.79 Å². The van der Waals surface area contributed by atoms with Gasteiger partial charge in [0.2, 0.25) is 11.0 Å². The van der Waals surface area contributed by atoms with Gasteiger partial charge in [0, 0.05) is 23.5 Å². The topological polar surface area (TPSA) is 67.3 Å². The third-order valence-electron chi connectivity index (χ3n) is 3.98. The van der Waals surface area contributed by atoms with Gasteiger partial charge in [-0.25, -0.2) is 4.98 Å². The molecule has 0 spiro atoms. The number of carbonyl (C=O) groups is 1. The summed E-state index contributed by atoms with van der Waals surface area (Å²) in [4.78, 5) is 19.0. The highest BCUT2D eigenvalue weighted by Gasteiger charge is 2.34. The number of nitrogens with zero attached hydrogens (tertiary/aromatic N) is 3. The van der Waals surface area contributed by atoms with Crippen molar-refractivity contribution in [2.24, 2.45) is 0 Å². The van der Waals surface area contributed by atoms with E-state index in [0.29, 0.717) is 17.4 Å². The summed E-state index contributed by atoms with van der Waals surface area (Å²) in [5, 5.41) is 3.93. The van der Waals surface area contributed by atoms with Crippen LogP contribution in [0.5, 0.6) is 5.75 Å². The SMILES string of the molecule is COc1ccccc1N1CCC(Nc2nc(C(C)(C)C)ns2)C1=O. The van der Waals surface area contributed by atoms with Crippen LogP contribution in [0.3, 0.4) is 0 Å². The van der Waals surface area contributed by atoms with Crippen molar-refractivity contribution < 1.29 is 9.53 Å². The quantitative estimate of drug-likeness (QED) is 0.921. The molecule has 2 heterocycles. The van der Waals surface area contributed by atoms with Gasteiger partial charge in [-0.15, -0.1) is 0 Å². The number of ether oxygens (including phenoxy) is 1. The number of anilines is 2. The van der Waals surface area contributed by atoms with Gasteiger partial charge in [-0.05, 0) is 18.6 Å². The standard InChI is InChI=1S/C17H22N4O2S/c1-17(2,3)15-19-16(24-20-15)18-11-9-10-21(14(11)22)12-7-5-6-8-13(12)23-4/h5-8,11H,9-10H2,1-4H3,(H,18,19,20). The fourth-order valence-corrected chi connectivity index (χ4v) is 3.45. The Morgan fingerprint density at radius 2 is 2.08 bits per heavy atom. The van der Waals surface area contributed by atoms with Crippen molar-refractivity contribution in [3.63, 3.8) is 0 Å². The normalized spacial score (nSPS) is 18.1. The van der Waals surface area contributed by atoms with Crippen LogP contribution in [0.4, 0.5) is 10.8 Å². The number of amides is 1. The lowest BCUT2D eigenvalue weighted by Crippen LogP contribution is -2.33.